The van der Waals surface area contributed by atoms with Crippen LogP contribution in [0.25, 0.3) is 0 Å². The molecule has 0 unspecified atom stereocenters. The first-order chi connectivity index (χ1) is 24.8. The fraction of sp³-hybridized carbons (Fsp3) is 0.195. The fourth-order valence-electron chi connectivity index (χ4n) is 5.23. The Balaban J connectivity index is 1.32. The summed E-state index contributed by atoms with van der Waals surface area (Å²) in [5.41, 5.74) is 8.00. The van der Waals surface area contributed by atoms with Crippen LogP contribution in [0.1, 0.15) is 34.7 Å². The van der Waals surface area contributed by atoms with Crippen LogP contribution in [0.5, 0.6) is 11.5 Å². The molecular weight excluding hydrogens is 646 g/mol. The van der Waals surface area contributed by atoms with Crippen molar-refractivity contribution in [3.63, 3.8) is 0 Å². The van der Waals surface area contributed by atoms with Crippen LogP contribution >= 0.6 is 0 Å². The monoisotopic (exact) mass is 687 g/mol. The van der Waals surface area contributed by atoms with E-state index < -0.39 is 29.6 Å². The first-order valence-corrected chi connectivity index (χ1v) is 16.6. The van der Waals surface area contributed by atoms with Crippen molar-refractivity contribution in [1.29, 1.82) is 0 Å². The Labute approximate surface area is 297 Å². The largest absolute Gasteiger partial charge is 0.504 e. The number of esters is 1. The highest BCUT2D eigenvalue weighted by Crippen LogP contribution is 2.29. The van der Waals surface area contributed by atoms with Gasteiger partial charge in [0.2, 0.25) is 0 Å². The van der Waals surface area contributed by atoms with Gasteiger partial charge >= 0.3 is 12.1 Å². The third-order valence-corrected chi connectivity index (χ3v) is 8.05. The third-order valence-electron chi connectivity index (χ3n) is 8.05. The Morgan fingerprint density at radius 2 is 1.16 bits per heavy atom. The minimum atomic E-state index is -1.50. The van der Waals surface area contributed by atoms with Crippen molar-refractivity contribution in [2.75, 3.05) is 0 Å². The number of aromatic hydroxyl groups is 1. The molecule has 0 saturated heterocycles. The molecule has 4 N–H and O–H groups in total. The minimum Gasteiger partial charge on any atom is -0.504 e. The lowest BCUT2D eigenvalue weighted by Gasteiger charge is -2.30. The van der Waals surface area contributed by atoms with E-state index in [4.69, 9.17) is 14.2 Å². The third kappa shape index (κ3) is 11.2. The van der Waals surface area contributed by atoms with Crippen molar-refractivity contribution in [3.8, 4) is 11.5 Å². The van der Waals surface area contributed by atoms with Gasteiger partial charge in [-0.25, -0.2) is 15.0 Å². The molecule has 0 aromatic heterocycles. The van der Waals surface area contributed by atoms with Gasteiger partial charge in [0, 0.05) is 12.8 Å². The van der Waals surface area contributed by atoms with E-state index in [1.807, 2.05) is 121 Å². The van der Waals surface area contributed by atoms with Gasteiger partial charge in [-0.05, 0) is 46.9 Å². The fourth-order valence-corrected chi connectivity index (χ4v) is 5.23. The predicted molar refractivity (Wildman–Crippen MR) is 192 cm³/mol. The molecule has 10 heteroatoms. The summed E-state index contributed by atoms with van der Waals surface area (Å²) >= 11 is 0. The van der Waals surface area contributed by atoms with Crippen molar-refractivity contribution in [3.05, 3.63) is 167 Å². The number of phenolic OH excluding ortho intramolecular Hbond substituents is 1. The molecule has 5 aromatic rings. The lowest BCUT2D eigenvalue weighted by molar-refractivity contribution is -0.153. The lowest BCUT2D eigenvalue weighted by Crippen LogP contribution is -2.62. The molecule has 5 aromatic carbocycles. The van der Waals surface area contributed by atoms with Crippen LogP contribution in [0.3, 0.4) is 0 Å². The van der Waals surface area contributed by atoms with Gasteiger partial charge in [0.25, 0.3) is 5.91 Å². The minimum absolute atomic E-state index is 0.0113. The summed E-state index contributed by atoms with van der Waals surface area (Å²) in [5.74, 6) is -1.06. The second kappa shape index (κ2) is 18.0. The number of alkyl carbamates (subject to hydrolysis) is 1. The SMILES string of the molecule is C[C@@](Cc1ccc(O)c(OCc2ccccc2)c1)(NNC(=O)[C@H](Cc1ccccc1)NC(=O)OCc1ccccc1)C(=O)OCc1ccccc1. The predicted octanol–water partition coefficient (Wildman–Crippen LogP) is 6.17. The first-order valence-electron chi connectivity index (χ1n) is 16.6. The number of carbonyl (C=O) groups excluding carboxylic acids is 3. The highest BCUT2D eigenvalue weighted by atomic mass is 16.5. The van der Waals surface area contributed by atoms with Crippen LogP contribution in [0.2, 0.25) is 0 Å². The zero-order chi connectivity index (χ0) is 35.9. The highest BCUT2D eigenvalue weighted by molar-refractivity contribution is 5.87. The summed E-state index contributed by atoms with van der Waals surface area (Å²) in [6, 6.07) is 40.9. The van der Waals surface area contributed by atoms with Crippen molar-refractivity contribution >= 4 is 18.0 Å². The van der Waals surface area contributed by atoms with E-state index in [-0.39, 0.29) is 44.2 Å². The van der Waals surface area contributed by atoms with E-state index in [9.17, 15) is 19.5 Å². The van der Waals surface area contributed by atoms with Crippen LogP contribution in [0, 0.1) is 0 Å². The number of carbonyl (C=O) groups is 3. The smallest absolute Gasteiger partial charge is 0.408 e. The van der Waals surface area contributed by atoms with Gasteiger partial charge in [0.05, 0.1) is 0 Å². The molecule has 5 rings (SSSR count). The van der Waals surface area contributed by atoms with Gasteiger partial charge in [-0.15, -0.1) is 0 Å². The standard InChI is InChI=1S/C41H41N3O7/c1-41(39(47)50-28-32-18-10-4-11-19-32,26-34-22-23-36(45)37(25-34)49-27-31-16-8-3-9-17-31)44-43-38(46)35(24-30-14-6-2-7-15-30)42-40(48)51-29-33-20-12-5-13-21-33/h2-23,25,35,44-45H,24,26-29H2,1H3,(H,42,48)(H,43,46)/t35-,41-/m0/s1. The number of hydrazine groups is 1. The highest BCUT2D eigenvalue weighted by Gasteiger charge is 2.37. The zero-order valence-electron chi connectivity index (χ0n) is 28.3. The molecular formula is C41H41N3O7. The molecule has 10 nitrogen and oxygen atoms in total. The first kappa shape index (κ1) is 36.2. The Hall–Kier alpha value is -6.13. The van der Waals surface area contributed by atoms with Crippen molar-refractivity contribution in [2.24, 2.45) is 0 Å². The van der Waals surface area contributed by atoms with Gasteiger partial charge in [0.1, 0.15) is 31.4 Å². The van der Waals surface area contributed by atoms with Gasteiger partial charge in [-0.1, -0.05) is 127 Å². The maximum absolute atomic E-state index is 13.8. The Morgan fingerprint density at radius 3 is 1.73 bits per heavy atom. The molecule has 0 aliphatic heterocycles. The number of phenols is 1. The quantitative estimate of drug-likeness (QED) is 0.0715. The number of amides is 2. The average molecular weight is 688 g/mol. The Kier molecular flexibility index (Phi) is 12.8. The maximum Gasteiger partial charge on any atom is 0.408 e. The number of hydrogen-bond acceptors (Lipinski definition) is 8. The van der Waals surface area contributed by atoms with Crippen LogP contribution in [0.4, 0.5) is 4.79 Å². The summed E-state index contributed by atoms with van der Waals surface area (Å²) in [7, 11) is 0. The summed E-state index contributed by atoms with van der Waals surface area (Å²) in [4.78, 5) is 40.4. The molecule has 0 heterocycles. The normalized spacial score (nSPS) is 12.5. The van der Waals surface area contributed by atoms with E-state index in [2.05, 4.69) is 16.2 Å². The number of ether oxygens (including phenoxy) is 3. The van der Waals surface area contributed by atoms with Crippen LogP contribution < -0.4 is 20.9 Å². The zero-order valence-corrected chi connectivity index (χ0v) is 28.3. The molecule has 51 heavy (non-hydrogen) atoms. The number of benzene rings is 5. The van der Waals surface area contributed by atoms with Gasteiger partial charge in [-0.2, -0.15) is 0 Å². The number of nitrogens with one attached hydrogen (secondary N) is 3. The molecule has 0 radical (unpaired) electrons. The summed E-state index contributed by atoms with van der Waals surface area (Å²) in [5, 5.41) is 13.2. The maximum atomic E-state index is 13.8. The van der Waals surface area contributed by atoms with Crippen molar-refractivity contribution in [1.82, 2.24) is 16.2 Å². The van der Waals surface area contributed by atoms with E-state index in [1.54, 1.807) is 19.1 Å². The molecule has 0 aliphatic rings. The molecule has 0 fully saturated rings. The van der Waals surface area contributed by atoms with Crippen LogP contribution in [0.15, 0.2) is 140 Å². The van der Waals surface area contributed by atoms with E-state index in [0.717, 1.165) is 22.3 Å². The van der Waals surface area contributed by atoms with E-state index >= 15 is 0 Å². The lowest BCUT2D eigenvalue weighted by atomic mass is 9.93. The Bertz CT molecular complexity index is 1860. The van der Waals surface area contributed by atoms with Gasteiger partial charge in [-0.3, -0.25) is 10.2 Å². The van der Waals surface area contributed by atoms with Crippen LogP contribution in [-0.4, -0.2) is 34.7 Å². The summed E-state index contributed by atoms with van der Waals surface area (Å²) in [6.07, 6.45) is -0.574. The topological polar surface area (TPSA) is 135 Å². The van der Waals surface area contributed by atoms with Crippen LogP contribution in [-0.2, 0) is 51.7 Å². The van der Waals surface area contributed by atoms with Gasteiger partial charge < -0.3 is 24.6 Å². The molecule has 0 spiro atoms. The molecule has 0 saturated carbocycles. The average Bonchev–Trinajstić information content (AvgIpc) is 3.16. The van der Waals surface area contributed by atoms with E-state index in [1.165, 1.54) is 6.07 Å². The molecule has 2 atom stereocenters. The van der Waals surface area contributed by atoms with Crippen molar-refractivity contribution < 1.29 is 33.7 Å². The molecule has 262 valence electrons. The summed E-state index contributed by atoms with van der Waals surface area (Å²) in [6.45, 7) is 1.87. The number of rotatable bonds is 16. The molecule has 0 bridgehead atoms. The summed E-state index contributed by atoms with van der Waals surface area (Å²) < 4.78 is 17.0. The van der Waals surface area contributed by atoms with Gasteiger partial charge in [0.15, 0.2) is 11.5 Å². The van der Waals surface area contributed by atoms with Crippen molar-refractivity contribution in [2.45, 2.75) is 51.2 Å². The second-order valence-corrected chi connectivity index (χ2v) is 12.2. The molecule has 0 aliphatic carbocycles. The Morgan fingerprint density at radius 1 is 0.647 bits per heavy atom. The van der Waals surface area contributed by atoms with E-state index in [0.29, 0.717) is 5.56 Å². The molecule has 2 amide bonds. The second-order valence-electron chi connectivity index (χ2n) is 12.2. The number of hydrogen-bond donors (Lipinski definition) is 4.